The number of fused-ring (bicyclic) bond motifs is 1. The number of carbonyl (C=O) groups is 1. The number of nitrogens with zero attached hydrogens (tertiary/aromatic N) is 3. The number of carbonyl (C=O) groups excluding carboxylic acids is 1. The van der Waals surface area contributed by atoms with Crippen LogP contribution in [0.4, 0.5) is 10.5 Å². The van der Waals surface area contributed by atoms with E-state index < -0.39 is 6.09 Å². The van der Waals surface area contributed by atoms with Gasteiger partial charge in [-0.1, -0.05) is 6.07 Å². The van der Waals surface area contributed by atoms with E-state index in [4.69, 9.17) is 9.15 Å². The van der Waals surface area contributed by atoms with Crippen LogP contribution in [0.3, 0.4) is 0 Å². The van der Waals surface area contributed by atoms with E-state index in [2.05, 4.69) is 23.7 Å². The molecule has 0 radical (unpaired) electrons. The lowest BCUT2D eigenvalue weighted by atomic mass is 10.0. The zero-order valence-electron chi connectivity index (χ0n) is 19.3. The van der Waals surface area contributed by atoms with Crippen LogP contribution in [0.1, 0.15) is 30.5 Å². The van der Waals surface area contributed by atoms with Crippen molar-refractivity contribution in [2.75, 3.05) is 38.2 Å². The van der Waals surface area contributed by atoms with Gasteiger partial charge in [0.2, 0.25) is 0 Å². The Bertz CT molecular complexity index is 1110. The van der Waals surface area contributed by atoms with Crippen LogP contribution in [0, 0.1) is 6.92 Å². The molecule has 0 aliphatic rings. The maximum absolute atomic E-state index is 12.6. The van der Waals surface area contributed by atoms with Gasteiger partial charge in [0.1, 0.15) is 5.58 Å². The zero-order chi connectivity index (χ0) is 23.1. The van der Waals surface area contributed by atoms with Crippen molar-refractivity contribution in [2.24, 2.45) is 0 Å². The smallest absolute Gasteiger partial charge is 0.409 e. The topological polar surface area (TPSA) is 75.9 Å². The Balaban J connectivity index is 1.62. The van der Waals surface area contributed by atoms with Gasteiger partial charge in [-0.25, -0.2) is 9.59 Å². The third kappa shape index (κ3) is 5.46. The van der Waals surface area contributed by atoms with E-state index in [1.807, 2.05) is 37.3 Å². The lowest BCUT2D eigenvalue weighted by Crippen LogP contribution is -2.30. The SMILES string of the molecule is CCN(CC)c1ccc2c(C)c(CCOC(=O)N(C)CCc3cccnc3)c(=O)oc2c1. The third-order valence-electron chi connectivity index (χ3n) is 5.75. The molecule has 0 unspecified atom stereocenters. The molecule has 0 aliphatic carbocycles. The van der Waals surface area contributed by atoms with Gasteiger partial charge in [0.05, 0.1) is 6.61 Å². The Morgan fingerprint density at radius 2 is 1.94 bits per heavy atom. The second kappa shape index (κ2) is 10.8. The van der Waals surface area contributed by atoms with Crippen molar-refractivity contribution in [1.29, 1.82) is 0 Å². The Morgan fingerprint density at radius 3 is 2.62 bits per heavy atom. The zero-order valence-corrected chi connectivity index (χ0v) is 19.3. The van der Waals surface area contributed by atoms with Gasteiger partial charge in [0, 0.05) is 68.2 Å². The number of pyridine rings is 1. The predicted molar refractivity (Wildman–Crippen MR) is 126 cm³/mol. The minimum Gasteiger partial charge on any atom is -0.449 e. The lowest BCUT2D eigenvalue weighted by molar-refractivity contribution is 0.112. The number of ether oxygens (including phenoxy) is 1. The van der Waals surface area contributed by atoms with E-state index in [0.717, 1.165) is 35.3 Å². The number of benzene rings is 1. The summed E-state index contributed by atoms with van der Waals surface area (Å²) in [6.07, 6.45) is 4.09. The third-order valence-corrected chi connectivity index (χ3v) is 5.75. The minimum absolute atomic E-state index is 0.116. The first-order valence-electron chi connectivity index (χ1n) is 11.0. The van der Waals surface area contributed by atoms with E-state index in [1.54, 1.807) is 19.4 Å². The monoisotopic (exact) mass is 437 g/mol. The molecule has 2 heterocycles. The van der Waals surface area contributed by atoms with Crippen molar-refractivity contribution < 1.29 is 13.9 Å². The number of rotatable bonds is 9. The van der Waals surface area contributed by atoms with Crippen LogP contribution in [0.5, 0.6) is 0 Å². The molecular formula is C25H31N3O4. The quantitative estimate of drug-likeness (QED) is 0.467. The summed E-state index contributed by atoms with van der Waals surface area (Å²) in [5, 5.41) is 0.899. The highest BCUT2D eigenvalue weighted by molar-refractivity contribution is 5.84. The number of aryl methyl sites for hydroxylation is 1. The standard InChI is InChI=1S/C25H31N3O4/c1-5-28(6-2)20-9-10-21-18(3)22(24(29)32-23(21)16-20)12-15-31-25(30)27(4)14-11-19-8-7-13-26-17-19/h7-10,13,16-17H,5-6,11-12,14-15H2,1-4H3. The Morgan fingerprint density at radius 1 is 1.16 bits per heavy atom. The number of anilines is 1. The van der Waals surface area contributed by atoms with Gasteiger partial charge in [-0.3, -0.25) is 4.98 Å². The maximum atomic E-state index is 12.6. The fourth-order valence-electron chi connectivity index (χ4n) is 3.74. The van der Waals surface area contributed by atoms with Crippen LogP contribution in [-0.2, 0) is 17.6 Å². The van der Waals surface area contributed by atoms with Crippen molar-refractivity contribution >= 4 is 22.7 Å². The number of amides is 1. The second-order valence-corrected chi connectivity index (χ2v) is 7.74. The molecule has 0 N–H and O–H groups in total. The summed E-state index contributed by atoms with van der Waals surface area (Å²) in [5.74, 6) is 0. The highest BCUT2D eigenvalue weighted by Gasteiger charge is 2.15. The Kier molecular flexibility index (Phi) is 7.87. The van der Waals surface area contributed by atoms with Gasteiger partial charge in [-0.05, 0) is 56.5 Å². The fraction of sp³-hybridized carbons (Fsp3) is 0.400. The Hall–Kier alpha value is -3.35. The minimum atomic E-state index is -0.416. The maximum Gasteiger partial charge on any atom is 0.409 e. The van der Waals surface area contributed by atoms with Gasteiger partial charge in [-0.15, -0.1) is 0 Å². The summed E-state index contributed by atoms with van der Waals surface area (Å²) >= 11 is 0. The summed E-state index contributed by atoms with van der Waals surface area (Å²) < 4.78 is 11.0. The first-order valence-corrected chi connectivity index (χ1v) is 11.0. The molecule has 2 aromatic heterocycles. The molecule has 0 spiro atoms. The summed E-state index contributed by atoms with van der Waals surface area (Å²) in [5.41, 5.74) is 3.68. The van der Waals surface area contributed by atoms with Gasteiger partial charge in [0.25, 0.3) is 0 Å². The molecule has 7 heteroatoms. The molecule has 1 amide bonds. The largest absolute Gasteiger partial charge is 0.449 e. The van der Waals surface area contributed by atoms with Crippen molar-refractivity contribution in [1.82, 2.24) is 9.88 Å². The molecule has 0 atom stereocenters. The molecule has 1 aromatic carbocycles. The predicted octanol–water partition coefficient (Wildman–Crippen LogP) is 4.20. The van der Waals surface area contributed by atoms with E-state index in [-0.39, 0.29) is 12.2 Å². The molecule has 3 aromatic rings. The molecule has 0 aliphatic heterocycles. The van der Waals surface area contributed by atoms with Crippen LogP contribution >= 0.6 is 0 Å². The summed E-state index contributed by atoms with van der Waals surface area (Å²) in [7, 11) is 1.70. The van der Waals surface area contributed by atoms with Crippen LogP contribution < -0.4 is 10.5 Å². The molecule has 7 nitrogen and oxygen atoms in total. The molecule has 0 fully saturated rings. The van der Waals surface area contributed by atoms with Crippen molar-refractivity contribution in [3.63, 3.8) is 0 Å². The highest BCUT2D eigenvalue weighted by Crippen LogP contribution is 2.25. The van der Waals surface area contributed by atoms with Gasteiger partial charge >= 0.3 is 11.7 Å². The first kappa shape index (κ1) is 23.3. The summed E-state index contributed by atoms with van der Waals surface area (Å²) in [6.45, 7) is 8.50. The second-order valence-electron chi connectivity index (χ2n) is 7.74. The van der Waals surface area contributed by atoms with E-state index in [0.29, 0.717) is 30.5 Å². The molecule has 0 bridgehead atoms. The fourth-order valence-corrected chi connectivity index (χ4v) is 3.74. The highest BCUT2D eigenvalue weighted by atomic mass is 16.6. The van der Waals surface area contributed by atoms with Crippen LogP contribution in [0.25, 0.3) is 11.0 Å². The van der Waals surface area contributed by atoms with Crippen LogP contribution in [-0.4, -0.2) is 49.3 Å². The average Bonchev–Trinajstić information content (AvgIpc) is 2.80. The number of aromatic nitrogens is 1. The molecule has 0 saturated carbocycles. The molecule has 0 saturated heterocycles. The van der Waals surface area contributed by atoms with Gasteiger partial charge < -0.3 is 19.0 Å². The lowest BCUT2D eigenvalue weighted by Gasteiger charge is -2.21. The van der Waals surface area contributed by atoms with Gasteiger partial charge in [-0.2, -0.15) is 0 Å². The Labute approximate surface area is 188 Å². The van der Waals surface area contributed by atoms with Crippen molar-refractivity contribution in [3.8, 4) is 0 Å². The normalized spacial score (nSPS) is 10.9. The first-order chi connectivity index (χ1) is 15.4. The molecular weight excluding hydrogens is 406 g/mol. The number of hydrogen-bond acceptors (Lipinski definition) is 6. The summed E-state index contributed by atoms with van der Waals surface area (Å²) in [6, 6.07) is 9.79. The van der Waals surface area contributed by atoms with Crippen LogP contribution in [0.2, 0.25) is 0 Å². The molecule has 32 heavy (non-hydrogen) atoms. The van der Waals surface area contributed by atoms with Crippen molar-refractivity contribution in [3.05, 3.63) is 69.8 Å². The molecule has 3 rings (SSSR count). The number of hydrogen-bond donors (Lipinski definition) is 0. The number of likely N-dealkylation sites (N-methyl/N-ethyl adjacent to an activating group) is 1. The van der Waals surface area contributed by atoms with E-state index >= 15 is 0 Å². The summed E-state index contributed by atoms with van der Waals surface area (Å²) in [4.78, 5) is 32.7. The molecule has 170 valence electrons. The van der Waals surface area contributed by atoms with Gasteiger partial charge in [0.15, 0.2) is 0 Å². The van der Waals surface area contributed by atoms with E-state index in [9.17, 15) is 9.59 Å². The average molecular weight is 438 g/mol. The van der Waals surface area contributed by atoms with E-state index in [1.165, 1.54) is 4.90 Å². The van der Waals surface area contributed by atoms with Crippen molar-refractivity contribution in [2.45, 2.75) is 33.6 Å². The van der Waals surface area contributed by atoms with Crippen LogP contribution in [0.15, 0.2) is 51.9 Å².